The minimum Gasteiger partial charge on any atom is -0.346 e. The van der Waals surface area contributed by atoms with Gasteiger partial charge < -0.3 is 9.80 Å². The highest BCUT2D eigenvalue weighted by Crippen LogP contribution is 2.43. The molecule has 24 heavy (non-hydrogen) atoms. The van der Waals surface area contributed by atoms with Crippen LogP contribution in [0, 0.1) is 5.41 Å². The van der Waals surface area contributed by atoms with Crippen molar-refractivity contribution in [3.8, 4) is 0 Å². The molecule has 1 saturated carbocycles. The van der Waals surface area contributed by atoms with Gasteiger partial charge in [0.25, 0.3) is 0 Å². The number of likely N-dealkylation sites (tertiary alicyclic amines) is 1. The fourth-order valence-corrected chi connectivity index (χ4v) is 5.58. The van der Waals surface area contributed by atoms with Gasteiger partial charge in [0.1, 0.15) is 5.01 Å². The van der Waals surface area contributed by atoms with E-state index in [1.165, 1.54) is 32.1 Å². The van der Waals surface area contributed by atoms with Crippen molar-refractivity contribution in [3.63, 3.8) is 0 Å². The molecule has 3 aliphatic rings. The number of hydrogen-bond acceptors (Lipinski definition) is 5. The summed E-state index contributed by atoms with van der Waals surface area (Å²) in [4.78, 5) is 17.9. The molecule has 1 aromatic rings. The van der Waals surface area contributed by atoms with E-state index in [1.54, 1.807) is 11.3 Å². The number of anilines is 1. The van der Waals surface area contributed by atoms with Crippen LogP contribution in [-0.2, 0) is 11.2 Å². The second-order valence-corrected chi connectivity index (χ2v) is 8.72. The van der Waals surface area contributed by atoms with Crippen molar-refractivity contribution in [2.24, 2.45) is 5.41 Å². The van der Waals surface area contributed by atoms with Crippen LogP contribution in [-0.4, -0.2) is 46.7 Å². The fraction of sp³-hybridized carbons (Fsp3) is 0.833. The lowest BCUT2D eigenvalue weighted by atomic mass is 9.77. The van der Waals surface area contributed by atoms with Gasteiger partial charge in [-0.05, 0) is 38.5 Å². The monoisotopic (exact) mass is 348 g/mol. The second kappa shape index (κ2) is 6.62. The lowest BCUT2D eigenvalue weighted by molar-refractivity contribution is -0.148. The van der Waals surface area contributed by atoms with Crippen LogP contribution in [0.25, 0.3) is 0 Å². The summed E-state index contributed by atoms with van der Waals surface area (Å²) >= 11 is 1.69. The summed E-state index contributed by atoms with van der Waals surface area (Å²) in [7, 11) is 0. The number of rotatable bonds is 3. The Bertz CT molecular complexity index is 598. The van der Waals surface area contributed by atoms with Gasteiger partial charge in [-0.1, -0.05) is 37.5 Å². The zero-order valence-electron chi connectivity index (χ0n) is 14.7. The van der Waals surface area contributed by atoms with Crippen molar-refractivity contribution >= 4 is 22.4 Å². The molecule has 5 nitrogen and oxygen atoms in total. The molecule has 3 fully saturated rings. The third-order valence-corrected chi connectivity index (χ3v) is 7.30. The van der Waals surface area contributed by atoms with Gasteiger partial charge in [-0.3, -0.25) is 4.79 Å². The number of carbonyl (C=O) groups is 1. The van der Waals surface area contributed by atoms with Gasteiger partial charge in [0.05, 0.1) is 5.41 Å². The molecule has 3 heterocycles. The summed E-state index contributed by atoms with van der Waals surface area (Å²) in [6, 6.07) is 0.505. The summed E-state index contributed by atoms with van der Waals surface area (Å²) < 4.78 is 0. The number of hydrogen-bond donors (Lipinski definition) is 0. The third-order valence-electron chi connectivity index (χ3n) is 6.17. The summed E-state index contributed by atoms with van der Waals surface area (Å²) in [6.45, 7) is 4.88. The Balaban J connectivity index is 1.49. The Morgan fingerprint density at radius 1 is 1.12 bits per heavy atom. The zero-order chi connectivity index (χ0) is 16.6. The summed E-state index contributed by atoms with van der Waals surface area (Å²) in [5, 5.41) is 10.7. The maximum Gasteiger partial charge on any atom is 0.230 e. The third kappa shape index (κ3) is 2.83. The van der Waals surface area contributed by atoms with Gasteiger partial charge in [-0.2, -0.15) is 0 Å². The smallest absolute Gasteiger partial charge is 0.230 e. The highest BCUT2D eigenvalue weighted by molar-refractivity contribution is 7.15. The molecule has 2 saturated heterocycles. The first-order chi connectivity index (χ1) is 11.7. The van der Waals surface area contributed by atoms with Gasteiger partial charge in [-0.15, -0.1) is 10.2 Å². The molecule has 1 atom stereocenters. The molecule has 0 bridgehead atoms. The van der Waals surface area contributed by atoms with Crippen molar-refractivity contribution < 1.29 is 4.79 Å². The van der Waals surface area contributed by atoms with E-state index in [-0.39, 0.29) is 5.41 Å². The molecule has 0 aromatic carbocycles. The van der Waals surface area contributed by atoms with Crippen molar-refractivity contribution in [1.29, 1.82) is 0 Å². The van der Waals surface area contributed by atoms with Gasteiger partial charge in [0.2, 0.25) is 11.0 Å². The number of carbonyl (C=O) groups excluding carboxylic acids is 1. The SMILES string of the molecule is CCc1nnc(N2CCC3(CCCN(C4CCCCC4)C3=O)C2)s1. The van der Waals surface area contributed by atoms with Crippen molar-refractivity contribution in [3.05, 3.63) is 5.01 Å². The molecule has 6 heteroatoms. The van der Waals surface area contributed by atoms with Crippen LogP contribution in [0.1, 0.15) is 63.3 Å². The number of aromatic nitrogens is 2. The minimum atomic E-state index is -0.159. The maximum atomic E-state index is 13.4. The Labute approximate surface area is 148 Å². The Hall–Kier alpha value is -1.17. The van der Waals surface area contributed by atoms with Crippen LogP contribution < -0.4 is 4.90 Å². The Morgan fingerprint density at radius 2 is 1.96 bits per heavy atom. The summed E-state index contributed by atoms with van der Waals surface area (Å²) in [5.41, 5.74) is -0.159. The normalized spacial score (nSPS) is 29.0. The van der Waals surface area contributed by atoms with E-state index >= 15 is 0 Å². The molecule has 0 N–H and O–H groups in total. The van der Waals surface area contributed by atoms with Crippen LogP contribution in [0.3, 0.4) is 0 Å². The standard InChI is InChI=1S/C18H28N4OS/c1-2-15-19-20-17(24-15)21-12-10-18(13-21)9-6-11-22(16(18)23)14-7-4-3-5-8-14/h14H,2-13H2,1H3. The summed E-state index contributed by atoms with van der Waals surface area (Å²) in [5.74, 6) is 0.434. The Kier molecular flexibility index (Phi) is 4.50. The van der Waals surface area contributed by atoms with Crippen LogP contribution in [0.15, 0.2) is 0 Å². The van der Waals surface area contributed by atoms with Gasteiger partial charge in [0.15, 0.2) is 0 Å². The molecule has 1 unspecified atom stereocenters. The van der Waals surface area contributed by atoms with Crippen LogP contribution >= 0.6 is 11.3 Å². The van der Waals surface area contributed by atoms with E-state index in [4.69, 9.17) is 0 Å². The van der Waals surface area contributed by atoms with E-state index in [9.17, 15) is 4.79 Å². The average molecular weight is 349 g/mol. The molecule has 4 rings (SSSR count). The second-order valence-electron chi connectivity index (χ2n) is 7.68. The van der Waals surface area contributed by atoms with E-state index in [1.807, 2.05) is 0 Å². The molecular weight excluding hydrogens is 320 g/mol. The number of amides is 1. The first-order valence-electron chi connectivity index (χ1n) is 9.60. The molecule has 1 aliphatic carbocycles. The number of piperidine rings is 1. The molecule has 0 radical (unpaired) electrons. The number of aryl methyl sites for hydroxylation is 1. The quantitative estimate of drug-likeness (QED) is 0.841. The fourth-order valence-electron chi connectivity index (χ4n) is 4.77. The van der Waals surface area contributed by atoms with Crippen molar-refractivity contribution in [2.45, 2.75) is 70.8 Å². The lowest BCUT2D eigenvalue weighted by Crippen LogP contribution is -2.54. The molecule has 1 amide bonds. The van der Waals surface area contributed by atoms with Crippen LogP contribution in [0.5, 0.6) is 0 Å². The van der Waals surface area contributed by atoms with E-state index < -0.39 is 0 Å². The Morgan fingerprint density at radius 3 is 2.71 bits per heavy atom. The maximum absolute atomic E-state index is 13.4. The first kappa shape index (κ1) is 16.3. The van der Waals surface area contributed by atoms with Gasteiger partial charge in [0, 0.05) is 25.7 Å². The topological polar surface area (TPSA) is 49.3 Å². The van der Waals surface area contributed by atoms with Gasteiger partial charge >= 0.3 is 0 Å². The van der Waals surface area contributed by atoms with E-state index in [0.717, 1.165) is 55.5 Å². The van der Waals surface area contributed by atoms with Gasteiger partial charge in [-0.25, -0.2) is 0 Å². The summed E-state index contributed by atoms with van der Waals surface area (Å²) in [6.07, 6.45) is 10.5. The molecular formula is C18H28N4OS. The lowest BCUT2D eigenvalue weighted by Gasteiger charge is -2.44. The zero-order valence-corrected chi connectivity index (χ0v) is 15.5. The predicted molar refractivity (Wildman–Crippen MR) is 96.4 cm³/mol. The van der Waals surface area contributed by atoms with Crippen molar-refractivity contribution in [2.75, 3.05) is 24.5 Å². The molecule has 1 aromatic heterocycles. The highest BCUT2D eigenvalue weighted by atomic mass is 32.1. The molecule has 1 spiro atoms. The predicted octanol–water partition coefficient (Wildman–Crippen LogP) is 3.25. The number of nitrogens with zero attached hydrogens (tertiary/aromatic N) is 4. The largest absolute Gasteiger partial charge is 0.346 e. The molecule has 132 valence electrons. The van der Waals surface area contributed by atoms with Crippen molar-refractivity contribution in [1.82, 2.24) is 15.1 Å². The van der Waals surface area contributed by atoms with E-state index in [2.05, 4.69) is 26.9 Å². The van der Waals surface area contributed by atoms with Crippen LogP contribution in [0.4, 0.5) is 5.13 Å². The minimum absolute atomic E-state index is 0.159. The first-order valence-corrected chi connectivity index (χ1v) is 10.4. The molecule has 2 aliphatic heterocycles. The van der Waals surface area contributed by atoms with Crippen LogP contribution in [0.2, 0.25) is 0 Å². The average Bonchev–Trinajstić information content (AvgIpc) is 3.26. The van der Waals surface area contributed by atoms with E-state index in [0.29, 0.717) is 11.9 Å². The highest BCUT2D eigenvalue weighted by Gasteiger charge is 2.50.